The number of carboxylic acids is 2. The Morgan fingerprint density at radius 2 is 1.65 bits per heavy atom. The van der Waals surface area contributed by atoms with Crippen molar-refractivity contribution in [2.75, 3.05) is 6.54 Å². The summed E-state index contributed by atoms with van der Waals surface area (Å²) in [6.45, 7) is 2.10. The van der Waals surface area contributed by atoms with Crippen molar-refractivity contribution in [3.05, 3.63) is 35.9 Å². The van der Waals surface area contributed by atoms with Gasteiger partial charge in [0.1, 0.15) is 18.7 Å². The molecule has 2 atom stereocenters. The zero-order chi connectivity index (χ0) is 19.9. The van der Waals surface area contributed by atoms with Gasteiger partial charge in [0.15, 0.2) is 0 Å². The number of nitrogens with two attached hydrogens (primary N) is 2. The van der Waals surface area contributed by atoms with Gasteiger partial charge in [-0.1, -0.05) is 30.3 Å². The predicted octanol–water partition coefficient (Wildman–Crippen LogP) is 0.913. The number of alkyl carbamates (subject to hydrolysis) is 1. The smallest absolute Gasteiger partial charge is 0.407 e. The van der Waals surface area contributed by atoms with Crippen molar-refractivity contribution in [3.8, 4) is 0 Å². The summed E-state index contributed by atoms with van der Waals surface area (Å²) in [7, 11) is 0. The number of hydrogen-bond acceptors (Lipinski definition) is 6. The maximum absolute atomic E-state index is 11.4. The molecular weight excluding hydrogens is 342 g/mol. The number of unbranched alkanes of at least 4 members (excludes halogenated alkanes) is 1. The first-order chi connectivity index (χ1) is 12.2. The van der Waals surface area contributed by atoms with E-state index in [1.807, 2.05) is 30.3 Å². The number of carbonyl (C=O) groups is 3. The Kier molecular flexibility index (Phi) is 12.2. The fourth-order valence-corrected chi connectivity index (χ4v) is 1.58. The van der Waals surface area contributed by atoms with Crippen LogP contribution in [-0.4, -0.2) is 46.9 Å². The molecule has 9 heteroatoms. The number of carboxylic acid groups (broad SMARTS) is 2. The number of carbonyl (C=O) groups excluding carboxylic acids is 1. The lowest BCUT2D eigenvalue weighted by Crippen LogP contribution is -2.30. The maximum Gasteiger partial charge on any atom is 0.407 e. The van der Waals surface area contributed by atoms with Crippen molar-refractivity contribution < 1.29 is 29.3 Å². The molecule has 0 saturated heterocycles. The lowest BCUT2D eigenvalue weighted by molar-refractivity contribution is -0.139. The van der Waals surface area contributed by atoms with E-state index in [-0.39, 0.29) is 6.61 Å². The van der Waals surface area contributed by atoms with E-state index in [1.165, 1.54) is 6.92 Å². The van der Waals surface area contributed by atoms with Gasteiger partial charge in [-0.05, 0) is 31.7 Å². The number of nitrogens with one attached hydrogen (secondary N) is 1. The van der Waals surface area contributed by atoms with Gasteiger partial charge in [-0.15, -0.1) is 0 Å². The second-order valence-corrected chi connectivity index (χ2v) is 5.56. The molecule has 1 aromatic carbocycles. The van der Waals surface area contributed by atoms with Gasteiger partial charge < -0.3 is 31.7 Å². The Balaban J connectivity index is 0.000000896. The maximum atomic E-state index is 11.4. The first kappa shape index (κ1) is 23.4. The third kappa shape index (κ3) is 12.7. The first-order valence-electron chi connectivity index (χ1n) is 8.15. The van der Waals surface area contributed by atoms with Crippen LogP contribution in [0.3, 0.4) is 0 Å². The molecule has 0 aliphatic heterocycles. The molecule has 26 heavy (non-hydrogen) atoms. The van der Waals surface area contributed by atoms with E-state index in [1.54, 1.807) is 0 Å². The number of aliphatic carboxylic acids is 2. The Labute approximate surface area is 152 Å². The van der Waals surface area contributed by atoms with Crippen molar-refractivity contribution in [1.82, 2.24) is 5.32 Å². The van der Waals surface area contributed by atoms with Crippen LogP contribution in [0.5, 0.6) is 0 Å². The zero-order valence-corrected chi connectivity index (χ0v) is 14.8. The molecular formula is C17H27N3O6. The topological polar surface area (TPSA) is 165 Å². The molecule has 0 bridgehead atoms. The van der Waals surface area contributed by atoms with Crippen LogP contribution in [0, 0.1) is 0 Å². The minimum absolute atomic E-state index is 0.233. The molecule has 146 valence electrons. The summed E-state index contributed by atoms with van der Waals surface area (Å²) in [5.74, 6) is -1.96. The number of benzene rings is 1. The van der Waals surface area contributed by atoms with Crippen LogP contribution >= 0.6 is 0 Å². The standard InChI is InChI=1S/C14H20N2O4.C3H7NO2/c15-12(13(17)18)8-4-5-9-16-14(19)20-10-11-6-2-1-3-7-11;1-2(4)3(5)6/h1-3,6-7,12H,4-5,8-10,15H2,(H,16,19)(H,17,18);2H,4H2,1H3,(H,5,6)/t12-;2-/m00/s1. The van der Waals surface area contributed by atoms with Gasteiger partial charge in [-0.3, -0.25) is 9.59 Å². The number of hydrogen-bond donors (Lipinski definition) is 5. The summed E-state index contributed by atoms with van der Waals surface area (Å²) < 4.78 is 5.03. The largest absolute Gasteiger partial charge is 0.480 e. The van der Waals surface area contributed by atoms with Crippen molar-refractivity contribution in [2.24, 2.45) is 11.5 Å². The number of ether oxygens (including phenoxy) is 1. The van der Waals surface area contributed by atoms with Crippen LogP contribution in [0.25, 0.3) is 0 Å². The lowest BCUT2D eigenvalue weighted by Gasteiger charge is -2.08. The van der Waals surface area contributed by atoms with E-state index >= 15 is 0 Å². The van der Waals surface area contributed by atoms with Crippen LogP contribution in [0.1, 0.15) is 31.7 Å². The van der Waals surface area contributed by atoms with Crippen molar-refractivity contribution >= 4 is 18.0 Å². The zero-order valence-electron chi connectivity index (χ0n) is 14.8. The molecule has 0 radical (unpaired) electrons. The molecule has 0 aliphatic carbocycles. The van der Waals surface area contributed by atoms with Crippen molar-refractivity contribution in [3.63, 3.8) is 0 Å². The normalized spacial score (nSPS) is 12.1. The Morgan fingerprint density at radius 3 is 2.15 bits per heavy atom. The average molecular weight is 369 g/mol. The monoisotopic (exact) mass is 369 g/mol. The van der Waals surface area contributed by atoms with Crippen molar-refractivity contribution in [1.29, 1.82) is 0 Å². The molecule has 0 fully saturated rings. The van der Waals surface area contributed by atoms with E-state index < -0.39 is 30.1 Å². The molecule has 0 unspecified atom stereocenters. The van der Waals surface area contributed by atoms with Crippen LogP contribution < -0.4 is 16.8 Å². The van der Waals surface area contributed by atoms with Gasteiger partial charge >= 0.3 is 18.0 Å². The molecule has 0 aromatic heterocycles. The van der Waals surface area contributed by atoms with E-state index in [0.29, 0.717) is 25.8 Å². The highest BCUT2D eigenvalue weighted by molar-refractivity contribution is 5.73. The molecule has 0 heterocycles. The van der Waals surface area contributed by atoms with E-state index in [0.717, 1.165) is 5.56 Å². The summed E-state index contributed by atoms with van der Waals surface area (Å²) in [4.78, 5) is 31.4. The van der Waals surface area contributed by atoms with Gasteiger partial charge in [-0.25, -0.2) is 4.79 Å². The highest BCUT2D eigenvalue weighted by Gasteiger charge is 2.10. The van der Waals surface area contributed by atoms with Crippen LogP contribution in [0.15, 0.2) is 30.3 Å². The van der Waals surface area contributed by atoms with Crippen LogP contribution in [-0.2, 0) is 20.9 Å². The first-order valence-corrected chi connectivity index (χ1v) is 8.15. The molecule has 1 aromatic rings. The molecule has 7 N–H and O–H groups in total. The molecule has 0 saturated carbocycles. The Morgan fingerprint density at radius 1 is 1.08 bits per heavy atom. The highest BCUT2D eigenvalue weighted by atomic mass is 16.5. The minimum Gasteiger partial charge on any atom is -0.480 e. The van der Waals surface area contributed by atoms with E-state index in [4.69, 9.17) is 26.4 Å². The molecule has 1 rings (SSSR count). The van der Waals surface area contributed by atoms with E-state index in [9.17, 15) is 14.4 Å². The summed E-state index contributed by atoms with van der Waals surface area (Å²) in [5.41, 5.74) is 11.1. The second kappa shape index (κ2) is 13.6. The molecule has 0 spiro atoms. The highest BCUT2D eigenvalue weighted by Crippen LogP contribution is 2.01. The fourth-order valence-electron chi connectivity index (χ4n) is 1.58. The summed E-state index contributed by atoms with van der Waals surface area (Å²) in [6, 6.07) is 7.84. The summed E-state index contributed by atoms with van der Waals surface area (Å²) in [5, 5.41) is 19.1. The molecule has 1 amide bonds. The fraction of sp³-hybridized carbons (Fsp3) is 0.471. The van der Waals surface area contributed by atoms with Gasteiger partial charge in [0.25, 0.3) is 0 Å². The lowest BCUT2D eigenvalue weighted by atomic mass is 10.1. The molecule has 9 nitrogen and oxygen atoms in total. The van der Waals surface area contributed by atoms with Gasteiger partial charge in [0.05, 0.1) is 0 Å². The number of amides is 1. The summed E-state index contributed by atoms with van der Waals surface area (Å²) >= 11 is 0. The van der Waals surface area contributed by atoms with Crippen LogP contribution in [0.2, 0.25) is 0 Å². The third-order valence-corrected chi connectivity index (χ3v) is 3.13. The van der Waals surface area contributed by atoms with E-state index in [2.05, 4.69) is 5.32 Å². The second-order valence-electron chi connectivity index (χ2n) is 5.56. The quantitative estimate of drug-likeness (QED) is 0.401. The van der Waals surface area contributed by atoms with Gasteiger partial charge in [0.2, 0.25) is 0 Å². The third-order valence-electron chi connectivity index (χ3n) is 3.13. The SMILES string of the molecule is C[C@H](N)C(=O)O.N[C@@H](CCCCNC(=O)OCc1ccccc1)C(=O)O. The Bertz CT molecular complexity index is 551. The summed E-state index contributed by atoms with van der Waals surface area (Å²) in [6.07, 6.45) is 1.24. The van der Waals surface area contributed by atoms with Crippen LogP contribution in [0.4, 0.5) is 4.79 Å². The average Bonchev–Trinajstić information content (AvgIpc) is 2.60. The van der Waals surface area contributed by atoms with Crippen molar-refractivity contribution in [2.45, 2.75) is 44.9 Å². The predicted molar refractivity (Wildman–Crippen MR) is 95.4 cm³/mol. The van der Waals surface area contributed by atoms with Gasteiger partial charge in [0, 0.05) is 6.54 Å². The molecule has 0 aliphatic rings. The minimum atomic E-state index is -1.000. The Hall–Kier alpha value is -2.65. The number of rotatable bonds is 9. The van der Waals surface area contributed by atoms with Gasteiger partial charge in [-0.2, -0.15) is 0 Å².